The van der Waals surface area contributed by atoms with Crippen LogP contribution in [0.25, 0.3) is 0 Å². The first-order valence-corrected chi connectivity index (χ1v) is 7.30. The second-order valence-electron chi connectivity index (χ2n) is 4.82. The van der Waals surface area contributed by atoms with Gasteiger partial charge in [0.15, 0.2) is 0 Å². The summed E-state index contributed by atoms with van der Waals surface area (Å²) in [4.78, 5) is 0. The predicted molar refractivity (Wildman–Crippen MR) is 65.4 cm³/mol. The lowest BCUT2D eigenvalue weighted by Gasteiger charge is -2.21. The normalized spacial score (nSPS) is 22.2. The maximum atomic E-state index is 11.8. The van der Waals surface area contributed by atoms with Crippen molar-refractivity contribution in [2.75, 3.05) is 26.7 Å². The van der Waals surface area contributed by atoms with Gasteiger partial charge in [-0.2, -0.15) is 12.7 Å². The molecule has 1 heterocycles. The number of likely N-dealkylation sites (N-methyl/N-ethyl adjacent to an activating group) is 1. The summed E-state index contributed by atoms with van der Waals surface area (Å²) < 4.78 is 27.6. The van der Waals surface area contributed by atoms with Gasteiger partial charge in [-0.05, 0) is 25.3 Å². The summed E-state index contributed by atoms with van der Waals surface area (Å²) >= 11 is 0. The third-order valence-corrected chi connectivity index (χ3v) is 4.23. The van der Waals surface area contributed by atoms with Gasteiger partial charge < -0.3 is 5.32 Å². The molecule has 0 aromatic rings. The Bertz CT molecular complexity index is 297. The van der Waals surface area contributed by atoms with Crippen LogP contribution >= 0.6 is 0 Å². The Labute approximate surface area is 98.8 Å². The first-order valence-electron chi connectivity index (χ1n) is 5.86. The maximum Gasteiger partial charge on any atom is 0.279 e. The van der Waals surface area contributed by atoms with E-state index in [1.807, 2.05) is 13.8 Å². The van der Waals surface area contributed by atoms with Gasteiger partial charge in [-0.15, -0.1) is 0 Å². The van der Waals surface area contributed by atoms with Gasteiger partial charge in [-0.25, -0.2) is 4.72 Å². The molecule has 0 spiro atoms. The molecule has 1 rings (SSSR count). The molecule has 96 valence electrons. The summed E-state index contributed by atoms with van der Waals surface area (Å²) in [5.41, 5.74) is 0. The van der Waals surface area contributed by atoms with Crippen molar-refractivity contribution in [2.45, 2.75) is 32.7 Å². The van der Waals surface area contributed by atoms with Crippen LogP contribution in [-0.2, 0) is 10.2 Å². The molecular weight excluding hydrogens is 226 g/mol. The number of rotatable bonds is 6. The van der Waals surface area contributed by atoms with E-state index in [-0.39, 0.29) is 0 Å². The van der Waals surface area contributed by atoms with Crippen LogP contribution in [0.1, 0.15) is 26.7 Å². The van der Waals surface area contributed by atoms with E-state index in [1.165, 1.54) is 4.31 Å². The highest BCUT2D eigenvalue weighted by molar-refractivity contribution is 7.87. The lowest BCUT2D eigenvalue weighted by molar-refractivity contribution is 0.408. The molecule has 1 saturated heterocycles. The van der Waals surface area contributed by atoms with Crippen molar-refractivity contribution in [2.24, 2.45) is 5.92 Å². The third-order valence-electron chi connectivity index (χ3n) is 2.72. The largest absolute Gasteiger partial charge is 0.313 e. The standard InChI is InChI=1S/C10H23N3O2S/c1-9(2)7-12-16(14,15)13(3)8-10-5-4-6-11-10/h9-12H,4-8H2,1-3H3. The van der Waals surface area contributed by atoms with Crippen LogP contribution < -0.4 is 10.0 Å². The minimum absolute atomic E-state index is 0.306. The average Bonchev–Trinajstić information content (AvgIpc) is 2.67. The highest BCUT2D eigenvalue weighted by atomic mass is 32.2. The smallest absolute Gasteiger partial charge is 0.279 e. The van der Waals surface area contributed by atoms with Crippen molar-refractivity contribution in [3.05, 3.63) is 0 Å². The van der Waals surface area contributed by atoms with Gasteiger partial charge in [0.05, 0.1) is 0 Å². The molecule has 1 aliphatic heterocycles. The van der Waals surface area contributed by atoms with Crippen molar-refractivity contribution < 1.29 is 8.42 Å². The molecule has 1 aliphatic rings. The van der Waals surface area contributed by atoms with Gasteiger partial charge in [-0.1, -0.05) is 13.8 Å². The Morgan fingerprint density at radius 3 is 2.69 bits per heavy atom. The molecule has 0 aromatic heterocycles. The molecule has 5 nitrogen and oxygen atoms in total. The summed E-state index contributed by atoms with van der Waals surface area (Å²) in [6.45, 7) is 6.01. The van der Waals surface area contributed by atoms with Crippen LogP contribution in [0.15, 0.2) is 0 Å². The summed E-state index contributed by atoms with van der Waals surface area (Å²) in [6.07, 6.45) is 2.20. The fraction of sp³-hybridized carbons (Fsp3) is 1.00. The van der Waals surface area contributed by atoms with Crippen LogP contribution in [0.3, 0.4) is 0 Å². The fourth-order valence-corrected chi connectivity index (χ4v) is 2.84. The molecule has 0 radical (unpaired) electrons. The fourth-order valence-electron chi connectivity index (χ4n) is 1.70. The van der Waals surface area contributed by atoms with E-state index in [4.69, 9.17) is 0 Å². The van der Waals surface area contributed by atoms with Crippen molar-refractivity contribution in [1.29, 1.82) is 0 Å². The molecule has 2 N–H and O–H groups in total. The lowest BCUT2D eigenvalue weighted by atomic mass is 10.2. The highest BCUT2D eigenvalue weighted by Gasteiger charge is 2.23. The molecule has 16 heavy (non-hydrogen) atoms. The average molecular weight is 249 g/mol. The van der Waals surface area contributed by atoms with Gasteiger partial charge in [0.2, 0.25) is 0 Å². The molecule has 1 fully saturated rings. The molecule has 1 unspecified atom stereocenters. The van der Waals surface area contributed by atoms with E-state index in [0.717, 1.165) is 19.4 Å². The second-order valence-corrected chi connectivity index (χ2v) is 6.68. The van der Waals surface area contributed by atoms with Crippen LogP contribution in [0.2, 0.25) is 0 Å². The van der Waals surface area contributed by atoms with E-state index in [9.17, 15) is 8.42 Å². The van der Waals surface area contributed by atoms with E-state index >= 15 is 0 Å². The summed E-state index contributed by atoms with van der Waals surface area (Å²) in [7, 11) is -1.67. The monoisotopic (exact) mass is 249 g/mol. The van der Waals surface area contributed by atoms with Gasteiger partial charge in [0.1, 0.15) is 0 Å². The summed E-state index contributed by atoms with van der Waals surface area (Å²) in [5, 5.41) is 3.29. The summed E-state index contributed by atoms with van der Waals surface area (Å²) in [6, 6.07) is 0.306. The Balaban J connectivity index is 2.41. The van der Waals surface area contributed by atoms with Crippen LogP contribution in [0, 0.1) is 5.92 Å². The van der Waals surface area contributed by atoms with Crippen molar-refractivity contribution >= 4 is 10.2 Å². The van der Waals surface area contributed by atoms with Crippen molar-refractivity contribution in [3.8, 4) is 0 Å². The number of nitrogens with zero attached hydrogens (tertiary/aromatic N) is 1. The molecule has 1 atom stereocenters. The Morgan fingerprint density at radius 1 is 1.50 bits per heavy atom. The van der Waals surface area contributed by atoms with Crippen molar-refractivity contribution in [1.82, 2.24) is 14.3 Å². The predicted octanol–water partition coefficient (Wildman–Crippen LogP) is 0.161. The quantitative estimate of drug-likeness (QED) is 0.705. The zero-order valence-electron chi connectivity index (χ0n) is 10.4. The van der Waals surface area contributed by atoms with E-state index in [1.54, 1.807) is 7.05 Å². The number of nitrogens with one attached hydrogen (secondary N) is 2. The molecule has 0 amide bonds. The van der Waals surface area contributed by atoms with Gasteiger partial charge in [-0.3, -0.25) is 0 Å². The third kappa shape index (κ3) is 4.37. The second kappa shape index (κ2) is 5.95. The first-order chi connectivity index (χ1) is 7.42. The van der Waals surface area contributed by atoms with E-state index in [2.05, 4.69) is 10.0 Å². The highest BCUT2D eigenvalue weighted by Crippen LogP contribution is 2.07. The molecule has 0 saturated carbocycles. The molecular formula is C10H23N3O2S. The SMILES string of the molecule is CC(C)CNS(=O)(=O)N(C)CC1CCCN1. The zero-order valence-corrected chi connectivity index (χ0v) is 11.2. The lowest BCUT2D eigenvalue weighted by Crippen LogP contribution is -2.45. The topological polar surface area (TPSA) is 61.4 Å². The van der Waals surface area contributed by atoms with Gasteiger partial charge >= 0.3 is 0 Å². The zero-order chi connectivity index (χ0) is 12.2. The minimum Gasteiger partial charge on any atom is -0.313 e. The van der Waals surface area contributed by atoms with Crippen LogP contribution in [-0.4, -0.2) is 45.4 Å². The maximum absolute atomic E-state index is 11.8. The van der Waals surface area contributed by atoms with Crippen molar-refractivity contribution in [3.63, 3.8) is 0 Å². The van der Waals surface area contributed by atoms with Crippen LogP contribution in [0.4, 0.5) is 0 Å². The van der Waals surface area contributed by atoms with E-state index in [0.29, 0.717) is 25.0 Å². The Hall–Kier alpha value is -0.170. The summed E-state index contributed by atoms with van der Waals surface area (Å²) in [5.74, 6) is 0.327. The van der Waals surface area contributed by atoms with Gasteiger partial charge in [0, 0.05) is 26.2 Å². The van der Waals surface area contributed by atoms with Crippen LogP contribution in [0.5, 0.6) is 0 Å². The van der Waals surface area contributed by atoms with E-state index < -0.39 is 10.2 Å². The molecule has 0 aromatic carbocycles. The number of hydrogen-bond donors (Lipinski definition) is 2. The molecule has 0 aliphatic carbocycles. The Morgan fingerprint density at radius 2 is 2.19 bits per heavy atom. The molecule has 6 heteroatoms. The minimum atomic E-state index is -3.30. The number of hydrogen-bond acceptors (Lipinski definition) is 3. The molecule has 0 bridgehead atoms. The first kappa shape index (κ1) is 13.9. The van der Waals surface area contributed by atoms with Gasteiger partial charge in [0.25, 0.3) is 10.2 Å². The Kier molecular flexibility index (Phi) is 5.17.